The molecule has 1 aromatic rings. The number of hydrogen-bond donors (Lipinski definition) is 3. The van der Waals surface area contributed by atoms with Gasteiger partial charge in [-0.25, -0.2) is 9.59 Å². The van der Waals surface area contributed by atoms with E-state index in [1.165, 1.54) is 31.2 Å². The molecule has 1 aromatic heterocycles. The summed E-state index contributed by atoms with van der Waals surface area (Å²) in [5.41, 5.74) is 4.68. The number of nitrogens with zero attached hydrogens (tertiary/aromatic N) is 2. The van der Waals surface area contributed by atoms with Crippen molar-refractivity contribution in [2.24, 2.45) is 10.9 Å². The van der Waals surface area contributed by atoms with Crippen LogP contribution in [-0.4, -0.2) is 100 Å². The van der Waals surface area contributed by atoms with E-state index in [2.05, 4.69) is 20.0 Å². The van der Waals surface area contributed by atoms with Gasteiger partial charge >= 0.3 is 12.1 Å². The number of ether oxygens (including phenoxy) is 1. The van der Waals surface area contributed by atoms with Crippen molar-refractivity contribution in [3.63, 3.8) is 0 Å². The Morgan fingerprint density at radius 3 is 2.77 bits per heavy atom. The summed E-state index contributed by atoms with van der Waals surface area (Å²) in [4.78, 5) is 53.3. The minimum absolute atomic E-state index is 0. The average molecular weight is 447 g/mol. The molecule has 1 saturated heterocycles. The minimum Gasteiger partial charge on any atom is -0.477 e. The summed E-state index contributed by atoms with van der Waals surface area (Å²) in [7, 11) is 1.25. The monoisotopic (exact) mass is 447 g/mol. The van der Waals surface area contributed by atoms with Crippen molar-refractivity contribution in [2.75, 3.05) is 19.5 Å². The van der Waals surface area contributed by atoms with E-state index in [1.54, 1.807) is 6.07 Å². The van der Waals surface area contributed by atoms with Crippen LogP contribution in [0.3, 0.4) is 0 Å². The zero-order valence-electron chi connectivity index (χ0n) is 16.0. The van der Waals surface area contributed by atoms with E-state index in [1.807, 2.05) is 0 Å². The number of rotatable bonds is 7. The van der Waals surface area contributed by atoms with Gasteiger partial charge in [-0.15, -0.1) is 11.8 Å². The van der Waals surface area contributed by atoms with Gasteiger partial charge in [0.2, 0.25) is 5.71 Å². The molecule has 14 heteroatoms. The zero-order valence-corrected chi connectivity index (χ0v) is 18.8. The van der Waals surface area contributed by atoms with Crippen LogP contribution in [0, 0.1) is 0 Å². The van der Waals surface area contributed by atoms with Crippen molar-refractivity contribution in [3.05, 3.63) is 35.4 Å². The normalized spacial score (nSPS) is 20.5. The fourth-order valence-corrected chi connectivity index (χ4v) is 4.19. The third-order valence-electron chi connectivity index (χ3n) is 4.08. The summed E-state index contributed by atoms with van der Waals surface area (Å²) in [6.45, 7) is -0.347. The molecule has 0 bridgehead atoms. The molecule has 2 atom stereocenters. The van der Waals surface area contributed by atoms with Crippen molar-refractivity contribution in [1.29, 1.82) is 0 Å². The van der Waals surface area contributed by atoms with Crippen LogP contribution in [0.15, 0.2) is 39.2 Å². The first-order valence-corrected chi connectivity index (χ1v) is 9.18. The number of fused-ring (bicyclic) bond motifs is 1. The Morgan fingerprint density at radius 1 is 1.47 bits per heavy atom. The Kier molecular flexibility index (Phi) is 7.95. The predicted octanol–water partition coefficient (Wildman–Crippen LogP) is -0.917. The molecule has 1 fully saturated rings. The molecular weight excluding hydrogens is 431 g/mol. The number of nitrogens with two attached hydrogens (primary N) is 1. The van der Waals surface area contributed by atoms with E-state index in [0.29, 0.717) is 0 Å². The van der Waals surface area contributed by atoms with Crippen LogP contribution in [0.5, 0.6) is 0 Å². The van der Waals surface area contributed by atoms with E-state index in [-0.39, 0.29) is 64.7 Å². The van der Waals surface area contributed by atoms with E-state index >= 15 is 0 Å². The van der Waals surface area contributed by atoms with Gasteiger partial charge in [0.25, 0.3) is 11.8 Å². The number of carboxylic acid groups (broad SMARTS) is 1. The number of primary amides is 1. The van der Waals surface area contributed by atoms with Gasteiger partial charge in [0.1, 0.15) is 30.8 Å². The number of carbonyl (C=O) groups excluding carboxylic acids is 3. The molecular formula is C16H16N4NaO8S. The summed E-state index contributed by atoms with van der Waals surface area (Å²) in [5.74, 6) is -2.38. The molecule has 155 valence electrons. The van der Waals surface area contributed by atoms with Gasteiger partial charge in [-0.3, -0.25) is 14.5 Å². The summed E-state index contributed by atoms with van der Waals surface area (Å²) in [6.07, 6.45) is 0.290. The third-order valence-corrected chi connectivity index (χ3v) is 5.42. The van der Waals surface area contributed by atoms with Crippen LogP contribution in [0.2, 0.25) is 0 Å². The predicted molar refractivity (Wildman–Crippen MR) is 103 cm³/mol. The summed E-state index contributed by atoms with van der Waals surface area (Å²) in [5, 5.41) is 15.0. The van der Waals surface area contributed by atoms with Crippen molar-refractivity contribution in [2.45, 2.75) is 11.4 Å². The first-order chi connectivity index (χ1) is 13.8. The largest absolute Gasteiger partial charge is 0.477 e. The standard InChI is InChI=1S/C16H16N4O8S.Na/c1-26-19-9(8-3-2-4-27-8)12(21)18-10-13(22)20-11(15(23)24)7(5-28-16(17)25)6-29-14(10)20;/h2-4,10,14H,5-6H2,1H3,(H2,17,25)(H,18,21)(H,23,24);/b19-9-;/t10-,14-;/m1./s1. The number of aliphatic carboxylic acids is 1. The second-order valence-electron chi connectivity index (χ2n) is 5.83. The SMILES string of the molecule is CO/N=C(\C(=O)N[C@@H]1C(=O)N2C(C(=O)O)=C(COC(N)=O)CS[C@H]12)c1ccco1.[Na]. The Balaban J connectivity index is 0.00000320. The molecule has 3 rings (SSSR count). The molecule has 0 unspecified atom stereocenters. The van der Waals surface area contributed by atoms with E-state index in [4.69, 9.17) is 10.2 Å². The minimum atomic E-state index is -1.35. The van der Waals surface area contributed by atoms with Crippen LogP contribution >= 0.6 is 11.8 Å². The zero-order chi connectivity index (χ0) is 21.1. The Morgan fingerprint density at radius 2 is 2.20 bits per heavy atom. The van der Waals surface area contributed by atoms with Gasteiger partial charge in [-0.1, -0.05) is 5.16 Å². The molecule has 12 nitrogen and oxygen atoms in total. The summed E-state index contributed by atoms with van der Waals surface area (Å²) < 4.78 is 9.79. The smallest absolute Gasteiger partial charge is 0.404 e. The van der Waals surface area contributed by atoms with Gasteiger partial charge in [0.15, 0.2) is 5.76 Å². The molecule has 2 aliphatic rings. The first kappa shape index (κ1) is 23.8. The first-order valence-electron chi connectivity index (χ1n) is 8.13. The second kappa shape index (κ2) is 10.0. The summed E-state index contributed by atoms with van der Waals surface area (Å²) in [6, 6.07) is 2.08. The number of thioether (sulfide) groups is 1. The molecule has 2 aliphatic heterocycles. The average Bonchev–Trinajstić information content (AvgIpc) is 3.21. The number of hydrogen-bond acceptors (Lipinski definition) is 9. The Bertz CT molecular complexity index is 916. The molecule has 0 spiro atoms. The maximum atomic E-state index is 12.6. The molecule has 0 aliphatic carbocycles. The van der Waals surface area contributed by atoms with Crippen LogP contribution in [0.25, 0.3) is 0 Å². The van der Waals surface area contributed by atoms with Crippen molar-refractivity contribution >= 4 is 70.9 Å². The van der Waals surface area contributed by atoms with Gasteiger partial charge in [-0.2, -0.15) is 0 Å². The van der Waals surface area contributed by atoms with Crippen LogP contribution in [0.4, 0.5) is 4.79 Å². The quantitative estimate of drug-likeness (QED) is 0.207. The summed E-state index contributed by atoms with van der Waals surface area (Å²) >= 11 is 1.21. The molecule has 3 amide bonds. The number of nitrogens with one attached hydrogen (secondary N) is 1. The van der Waals surface area contributed by atoms with Gasteiger partial charge < -0.3 is 30.1 Å². The number of carboxylic acids is 1. The van der Waals surface area contributed by atoms with Crippen LogP contribution < -0.4 is 11.1 Å². The number of carbonyl (C=O) groups is 4. The van der Waals surface area contributed by atoms with E-state index in [9.17, 15) is 24.3 Å². The second-order valence-corrected chi connectivity index (χ2v) is 6.93. The molecule has 0 saturated carbocycles. The van der Waals surface area contributed by atoms with E-state index < -0.39 is 35.3 Å². The van der Waals surface area contributed by atoms with Crippen LogP contribution in [0.1, 0.15) is 5.76 Å². The number of furan rings is 1. The molecule has 3 heterocycles. The fraction of sp³-hybridized carbons (Fsp3) is 0.312. The molecule has 30 heavy (non-hydrogen) atoms. The molecule has 4 N–H and O–H groups in total. The fourth-order valence-electron chi connectivity index (χ4n) is 2.87. The van der Waals surface area contributed by atoms with Gasteiger partial charge in [0, 0.05) is 40.9 Å². The van der Waals surface area contributed by atoms with Gasteiger partial charge in [0.05, 0.1) is 6.26 Å². The van der Waals surface area contributed by atoms with Crippen molar-refractivity contribution < 1.29 is 38.3 Å². The Labute approximate surface area is 196 Å². The number of amides is 3. The third kappa shape index (κ3) is 4.64. The maximum absolute atomic E-state index is 12.6. The van der Waals surface area contributed by atoms with Gasteiger partial charge in [-0.05, 0) is 12.1 Å². The van der Waals surface area contributed by atoms with Crippen molar-refractivity contribution in [1.82, 2.24) is 10.2 Å². The molecule has 0 aromatic carbocycles. The topological polar surface area (TPSA) is 174 Å². The number of β-lactam (4-membered cyclic amide) rings is 1. The Hall–Kier alpha value is -2.48. The maximum Gasteiger partial charge on any atom is 0.404 e. The van der Waals surface area contributed by atoms with Crippen LogP contribution in [-0.2, 0) is 24.0 Å². The van der Waals surface area contributed by atoms with E-state index in [0.717, 1.165) is 4.90 Å². The van der Waals surface area contributed by atoms with Crippen molar-refractivity contribution in [3.8, 4) is 0 Å². The molecule has 1 radical (unpaired) electrons. The number of oxime groups is 1.